The average Bonchev–Trinajstić information content (AvgIpc) is 2.68. The van der Waals surface area contributed by atoms with Crippen LogP contribution in [0.25, 0.3) is 0 Å². The van der Waals surface area contributed by atoms with Gasteiger partial charge in [0.15, 0.2) is 0 Å². The first kappa shape index (κ1) is 27.7. The van der Waals surface area contributed by atoms with Crippen LogP contribution in [0.15, 0.2) is 42.5 Å². The van der Waals surface area contributed by atoms with E-state index in [0.29, 0.717) is 16.3 Å². The molecule has 7 nitrogen and oxygen atoms in total. The van der Waals surface area contributed by atoms with Gasteiger partial charge in [0, 0.05) is 17.1 Å². The summed E-state index contributed by atoms with van der Waals surface area (Å²) in [6.45, 7) is 10.6. The molecule has 186 valence electrons. The number of nitrogens with zero attached hydrogens (tertiary/aromatic N) is 2. The molecule has 2 rings (SSSR count). The van der Waals surface area contributed by atoms with Crippen molar-refractivity contribution in [2.45, 2.75) is 59.7 Å². The summed E-state index contributed by atoms with van der Waals surface area (Å²) in [6.07, 6.45) is 1.05. The molecule has 0 fully saturated rings. The quantitative estimate of drug-likeness (QED) is 0.583. The topological polar surface area (TPSA) is 86.8 Å². The summed E-state index contributed by atoms with van der Waals surface area (Å²) in [5.41, 5.74) is 2.36. The number of rotatable bonds is 8. The average molecular weight is 508 g/mol. The van der Waals surface area contributed by atoms with E-state index in [1.165, 1.54) is 4.90 Å². The van der Waals surface area contributed by atoms with Crippen LogP contribution in [-0.2, 0) is 26.2 Å². The van der Waals surface area contributed by atoms with Crippen molar-refractivity contribution in [1.29, 1.82) is 0 Å². The van der Waals surface area contributed by atoms with Crippen molar-refractivity contribution in [2.75, 3.05) is 17.1 Å². The summed E-state index contributed by atoms with van der Waals surface area (Å²) < 4.78 is 26.4. The molecule has 9 heteroatoms. The van der Waals surface area contributed by atoms with Crippen molar-refractivity contribution in [2.24, 2.45) is 0 Å². The highest BCUT2D eigenvalue weighted by molar-refractivity contribution is 7.92. The maximum absolute atomic E-state index is 13.6. The Labute approximate surface area is 208 Å². The van der Waals surface area contributed by atoms with Gasteiger partial charge in [-0.15, -0.1) is 0 Å². The molecule has 2 aromatic carbocycles. The molecule has 0 bridgehead atoms. The van der Waals surface area contributed by atoms with Crippen LogP contribution in [0.2, 0.25) is 5.02 Å². The van der Waals surface area contributed by atoms with Gasteiger partial charge in [-0.1, -0.05) is 41.4 Å². The zero-order valence-electron chi connectivity index (χ0n) is 20.8. The maximum atomic E-state index is 13.6. The lowest BCUT2D eigenvalue weighted by Gasteiger charge is -2.33. The van der Waals surface area contributed by atoms with Crippen LogP contribution in [0.1, 0.15) is 44.4 Å². The lowest BCUT2D eigenvalue weighted by atomic mass is 10.1. The second kappa shape index (κ2) is 10.8. The molecular weight excluding hydrogens is 474 g/mol. The Morgan fingerprint density at radius 2 is 1.74 bits per heavy atom. The van der Waals surface area contributed by atoms with Crippen molar-refractivity contribution < 1.29 is 18.0 Å². The molecule has 2 amide bonds. The third kappa shape index (κ3) is 7.74. The molecule has 34 heavy (non-hydrogen) atoms. The predicted octanol–water partition coefficient (Wildman–Crippen LogP) is 4.05. The van der Waals surface area contributed by atoms with E-state index in [0.717, 1.165) is 21.7 Å². The number of halogens is 1. The minimum absolute atomic E-state index is 0.163. The molecule has 0 saturated heterocycles. The van der Waals surface area contributed by atoms with E-state index in [-0.39, 0.29) is 12.5 Å². The van der Waals surface area contributed by atoms with E-state index < -0.39 is 34.1 Å². The number of aryl methyl sites for hydroxylation is 2. The second-order valence-corrected chi connectivity index (χ2v) is 12.0. The van der Waals surface area contributed by atoms with Crippen molar-refractivity contribution in [3.63, 3.8) is 0 Å². The first-order valence-corrected chi connectivity index (χ1v) is 13.2. The Kier molecular flexibility index (Phi) is 8.77. The molecule has 0 spiro atoms. The number of anilines is 1. The summed E-state index contributed by atoms with van der Waals surface area (Å²) in [4.78, 5) is 27.9. The number of hydrogen-bond donors (Lipinski definition) is 1. The summed E-state index contributed by atoms with van der Waals surface area (Å²) in [5.74, 6) is -0.806. The largest absolute Gasteiger partial charge is 0.350 e. The molecule has 0 aromatic heterocycles. The Hall–Kier alpha value is -2.58. The zero-order valence-corrected chi connectivity index (χ0v) is 22.4. The first-order valence-electron chi connectivity index (χ1n) is 11.0. The summed E-state index contributed by atoms with van der Waals surface area (Å²) in [6, 6.07) is 11.6. The van der Waals surface area contributed by atoms with E-state index in [2.05, 4.69) is 5.32 Å². The van der Waals surface area contributed by atoms with Crippen molar-refractivity contribution in [3.05, 3.63) is 64.2 Å². The van der Waals surface area contributed by atoms with Crippen LogP contribution in [-0.4, -0.2) is 49.5 Å². The van der Waals surface area contributed by atoms with Gasteiger partial charge < -0.3 is 10.2 Å². The van der Waals surface area contributed by atoms with Gasteiger partial charge in [-0.25, -0.2) is 8.42 Å². The third-order valence-corrected chi connectivity index (χ3v) is 6.57. The van der Waals surface area contributed by atoms with Crippen molar-refractivity contribution >= 4 is 39.1 Å². The predicted molar refractivity (Wildman–Crippen MR) is 137 cm³/mol. The Morgan fingerprint density at radius 3 is 2.26 bits per heavy atom. The van der Waals surface area contributed by atoms with Gasteiger partial charge in [-0.05, 0) is 70.9 Å². The normalized spacial score (nSPS) is 12.7. The number of hydrogen-bond acceptors (Lipinski definition) is 4. The van der Waals surface area contributed by atoms with Gasteiger partial charge in [-0.2, -0.15) is 0 Å². The van der Waals surface area contributed by atoms with Gasteiger partial charge in [0.1, 0.15) is 12.6 Å². The second-order valence-electron chi connectivity index (χ2n) is 9.63. The molecule has 1 N–H and O–H groups in total. The monoisotopic (exact) mass is 507 g/mol. The number of carbonyl (C=O) groups excluding carboxylic acids is 2. The van der Waals surface area contributed by atoms with Crippen LogP contribution in [0.5, 0.6) is 0 Å². The minimum atomic E-state index is -3.79. The van der Waals surface area contributed by atoms with E-state index in [1.54, 1.807) is 32.0 Å². The van der Waals surface area contributed by atoms with Crippen molar-refractivity contribution in [3.8, 4) is 0 Å². The number of benzene rings is 2. The van der Waals surface area contributed by atoms with Gasteiger partial charge >= 0.3 is 0 Å². The molecule has 0 heterocycles. The zero-order chi connectivity index (χ0) is 25.8. The molecule has 0 radical (unpaired) electrons. The highest BCUT2D eigenvalue weighted by atomic mass is 35.5. The summed E-state index contributed by atoms with van der Waals surface area (Å²) in [5, 5.41) is 3.37. The molecule has 0 aliphatic heterocycles. The SMILES string of the molecule is Cc1cccc(CN(C(=O)CN(c2ccc(Cl)cc2C)S(C)(=O)=O)[C@H](C)C(=O)NC(C)(C)C)c1. The molecule has 2 aromatic rings. The highest BCUT2D eigenvalue weighted by Crippen LogP contribution is 2.26. The summed E-state index contributed by atoms with van der Waals surface area (Å²) >= 11 is 6.04. The standard InChI is InChI=1S/C25H34ClN3O4S/c1-17-9-8-10-20(13-17)15-28(19(3)24(31)27-25(4,5)6)23(30)16-29(34(7,32)33)22-12-11-21(26)14-18(22)2/h8-14,19H,15-16H2,1-7H3,(H,27,31)/t19-/m1/s1. The number of nitrogens with one attached hydrogen (secondary N) is 1. The van der Waals surface area contributed by atoms with Crippen LogP contribution < -0.4 is 9.62 Å². The fraction of sp³-hybridized carbons (Fsp3) is 0.440. The van der Waals surface area contributed by atoms with E-state index in [1.807, 2.05) is 52.0 Å². The molecule has 0 saturated carbocycles. The van der Waals surface area contributed by atoms with Gasteiger partial charge in [0.05, 0.1) is 11.9 Å². The fourth-order valence-electron chi connectivity index (χ4n) is 3.56. The van der Waals surface area contributed by atoms with Crippen LogP contribution in [0.4, 0.5) is 5.69 Å². The van der Waals surface area contributed by atoms with Crippen LogP contribution in [0.3, 0.4) is 0 Å². The molecule has 1 atom stereocenters. The van der Waals surface area contributed by atoms with E-state index >= 15 is 0 Å². The van der Waals surface area contributed by atoms with Crippen molar-refractivity contribution in [1.82, 2.24) is 10.2 Å². The first-order chi connectivity index (χ1) is 15.6. The fourth-order valence-corrected chi connectivity index (χ4v) is 4.69. The van der Waals surface area contributed by atoms with Crippen LogP contribution >= 0.6 is 11.6 Å². The Balaban J connectivity index is 2.44. The number of sulfonamides is 1. The Bertz CT molecular complexity index is 1160. The maximum Gasteiger partial charge on any atom is 0.244 e. The van der Waals surface area contributed by atoms with E-state index in [9.17, 15) is 18.0 Å². The Morgan fingerprint density at radius 1 is 1.09 bits per heavy atom. The number of carbonyl (C=O) groups is 2. The highest BCUT2D eigenvalue weighted by Gasteiger charge is 2.31. The lowest BCUT2D eigenvalue weighted by Crippen LogP contribution is -2.54. The third-order valence-electron chi connectivity index (χ3n) is 5.21. The smallest absolute Gasteiger partial charge is 0.244 e. The van der Waals surface area contributed by atoms with Gasteiger partial charge in [0.2, 0.25) is 21.8 Å². The molecular formula is C25H34ClN3O4S. The van der Waals surface area contributed by atoms with Gasteiger partial charge in [-0.3, -0.25) is 13.9 Å². The van der Waals surface area contributed by atoms with E-state index in [4.69, 9.17) is 11.6 Å². The number of amides is 2. The van der Waals surface area contributed by atoms with Gasteiger partial charge in [0.25, 0.3) is 0 Å². The minimum Gasteiger partial charge on any atom is -0.350 e. The molecule has 0 unspecified atom stereocenters. The molecule has 0 aliphatic carbocycles. The van der Waals surface area contributed by atoms with Crippen LogP contribution in [0, 0.1) is 13.8 Å². The lowest BCUT2D eigenvalue weighted by molar-refractivity contribution is -0.140. The molecule has 0 aliphatic rings. The summed E-state index contributed by atoms with van der Waals surface area (Å²) in [7, 11) is -3.79.